The van der Waals surface area contributed by atoms with Gasteiger partial charge in [-0.15, -0.1) is 0 Å². The Bertz CT molecular complexity index is 560. The minimum absolute atomic E-state index is 0.455. The third kappa shape index (κ3) is 2.99. The van der Waals surface area contributed by atoms with E-state index in [1.54, 1.807) is 6.26 Å². The highest BCUT2D eigenvalue weighted by Gasteiger charge is 2.26. The number of aromatic nitrogens is 1. The molecule has 20 heavy (non-hydrogen) atoms. The van der Waals surface area contributed by atoms with Gasteiger partial charge in [-0.1, -0.05) is 11.6 Å². The number of pyridine rings is 1. The van der Waals surface area contributed by atoms with Gasteiger partial charge in [0.1, 0.15) is 5.76 Å². The average molecular weight is 268 g/mol. The maximum absolute atomic E-state index is 5.37. The Labute approximate surface area is 119 Å². The molecule has 0 unspecified atom stereocenters. The van der Waals surface area contributed by atoms with E-state index < -0.39 is 0 Å². The quantitative estimate of drug-likeness (QED) is 0.841. The SMILES string of the molecule is C/C(=C\c1ccco1)CN1CCC[C@@H]1c1ccccn1. The van der Waals surface area contributed by atoms with Crippen LogP contribution in [0, 0.1) is 0 Å². The lowest BCUT2D eigenvalue weighted by molar-refractivity contribution is 0.275. The van der Waals surface area contributed by atoms with Crippen LogP contribution >= 0.6 is 0 Å². The Morgan fingerprint density at radius 3 is 3.10 bits per heavy atom. The second kappa shape index (κ2) is 6.06. The lowest BCUT2D eigenvalue weighted by Crippen LogP contribution is -2.25. The number of hydrogen-bond donors (Lipinski definition) is 0. The Balaban J connectivity index is 1.70. The number of hydrogen-bond acceptors (Lipinski definition) is 3. The maximum atomic E-state index is 5.37. The molecule has 2 aromatic heterocycles. The first-order valence-electron chi connectivity index (χ1n) is 7.18. The summed E-state index contributed by atoms with van der Waals surface area (Å²) >= 11 is 0. The fraction of sp³-hybridized carbons (Fsp3) is 0.353. The molecular formula is C17H20N2O. The molecule has 0 aliphatic carbocycles. The van der Waals surface area contributed by atoms with Crippen molar-refractivity contribution in [1.82, 2.24) is 9.88 Å². The van der Waals surface area contributed by atoms with Gasteiger partial charge in [-0.25, -0.2) is 0 Å². The molecule has 1 atom stereocenters. The fourth-order valence-electron chi connectivity index (χ4n) is 2.91. The summed E-state index contributed by atoms with van der Waals surface area (Å²) in [5, 5.41) is 0. The van der Waals surface area contributed by atoms with Gasteiger partial charge in [0.15, 0.2) is 0 Å². The highest BCUT2D eigenvalue weighted by Crippen LogP contribution is 2.31. The Kier molecular flexibility index (Phi) is 3.97. The summed E-state index contributed by atoms with van der Waals surface area (Å²) in [6, 6.07) is 10.6. The molecule has 3 nitrogen and oxygen atoms in total. The Morgan fingerprint density at radius 1 is 1.40 bits per heavy atom. The lowest BCUT2D eigenvalue weighted by Gasteiger charge is -2.24. The van der Waals surface area contributed by atoms with Crippen LogP contribution in [0.3, 0.4) is 0 Å². The van der Waals surface area contributed by atoms with Crippen molar-refractivity contribution in [3.63, 3.8) is 0 Å². The minimum Gasteiger partial charge on any atom is -0.465 e. The second-order valence-electron chi connectivity index (χ2n) is 5.39. The van der Waals surface area contributed by atoms with Crippen LogP contribution in [0.4, 0.5) is 0 Å². The van der Waals surface area contributed by atoms with Crippen LogP contribution in [0.15, 0.2) is 52.8 Å². The van der Waals surface area contributed by atoms with Crippen molar-refractivity contribution >= 4 is 6.08 Å². The van der Waals surface area contributed by atoms with Gasteiger partial charge in [0, 0.05) is 12.7 Å². The third-order valence-electron chi connectivity index (χ3n) is 3.78. The average Bonchev–Trinajstić information content (AvgIpc) is 3.11. The molecule has 1 fully saturated rings. The monoisotopic (exact) mass is 268 g/mol. The van der Waals surface area contributed by atoms with E-state index in [4.69, 9.17) is 4.42 Å². The molecule has 104 valence electrons. The van der Waals surface area contributed by atoms with Crippen molar-refractivity contribution in [2.75, 3.05) is 13.1 Å². The first-order valence-corrected chi connectivity index (χ1v) is 7.18. The molecule has 0 amide bonds. The van der Waals surface area contributed by atoms with Gasteiger partial charge in [0.2, 0.25) is 0 Å². The van der Waals surface area contributed by atoms with E-state index in [0.29, 0.717) is 6.04 Å². The third-order valence-corrected chi connectivity index (χ3v) is 3.78. The van der Waals surface area contributed by atoms with Crippen molar-refractivity contribution in [2.24, 2.45) is 0 Å². The summed E-state index contributed by atoms with van der Waals surface area (Å²) in [5.74, 6) is 0.927. The van der Waals surface area contributed by atoms with Crippen LogP contribution in [0.2, 0.25) is 0 Å². The van der Waals surface area contributed by atoms with Gasteiger partial charge in [-0.2, -0.15) is 0 Å². The molecule has 0 bridgehead atoms. The van der Waals surface area contributed by atoms with Crippen molar-refractivity contribution in [3.05, 3.63) is 59.8 Å². The minimum atomic E-state index is 0.455. The van der Waals surface area contributed by atoms with E-state index in [-0.39, 0.29) is 0 Å². The normalized spacial score (nSPS) is 20.4. The van der Waals surface area contributed by atoms with Gasteiger partial charge in [0.05, 0.1) is 18.0 Å². The van der Waals surface area contributed by atoms with Crippen LogP contribution in [0.1, 0.15) is 37.3 Å². The topological polar surface area (TPSA) is 29.3 Å². The molecule has 3 rings (SSSR count). The summed E-state index contributed by atoms with van der Waals surface area (Å²) in [5.41, 5.74) is 2.51. The maximum Gasteiger partial charge on any atom is 0.126 e. The van der Waals surface area contributed by atoms with E-state index in [9.17, 15) is 0 Å². The van der Waals surface area contributed by atoms with E-state index in [1.807, 2.05) is 24.4 Å². The van der Waals surface area contributed by atoms with E-state index in [1.165, 1.54) is 24.1 Å². The summed E-state index contributed by atoms with van der Waals surface area (Å²) in [7, 11) is 0. The van der Waals surface area contributed by atoms with Crippen molar-refractivity contribution < 1.29 is 4.42 Å². The first-order chi connectivity index (χ1) is 9.83. The second-order valence-corrected chi connectivity index (χ2v) is 5.39. The van der Waals surface area contributed by atoms with E-state index in [2.05, 4.69) is 35.0 Å². The summed E-state index contributed by atoms with van der Waals surface area (Å²) < 4.78 is 5.37. The van der Waals surface area contributed by atoms with Gasteiger partial charge >= 0.3 is 0 Å². The van der Waals surface area contributed by atoms with Gasteiger partial charge in [-0.3, -0.25) is 9.88 Å². The number of furan rings is 1. The van der Waals surface area contributed by atoms with Crippen molar-refractivity contribution in [1.29, 1.82) is 0 Å². The zero-order valence-corrected chi connectivity index (χ0v) is 11.8. The number of likely N-dealkylation sites (tertiary alicyclic amines) is 1. The molecule has 0 radical (unpaired) electrons. The zero-order chi connectivity index (χ0) is 13.8. The largest absolute Gasteiger partial charge is 0.465 e. The smallest absolute Gasteiger partial charge is 0.126 e. The molecule has 2 aromatic rings. The van der Waals surface area contributed by atoms with Crippen LogP contribution < -0.4 is 0 Å². The number of nitrogens with zero attached hydrogens (tertiary/aromatic N) is 2. The molecule has 0 spiro atoms. The summed E-state index contributed by atoms with van der Waals surface area (Å²) in [4.78, 5) is 7.03. The molecule has 1 aliphatic heterocycles. The zero-order valence-electron chi connectivity index (χ0n) is 11.8. The molecular weight excluding hydrogens is 248 g/mol. The summed E-state index contributed by atoms with van der Waals surface area (Å²) in [6.07, 6.45) is 8.16. The number of rotatable bonds is 4. The van der Waals surface area contributed by atoms with Crippen molar-refractivity contribution in [3.8, 4) is 0 Å². The standard InChI is InChI=1S/C17H20N2O/c1-14(12-15-6-5-11-20-15)13-19-10-4-8-17(19)16-7-2-3-9-18-16/h2-3,5-7,9,11-12,17H,4,8,10,13H2,1H3/b14-12+/t17-/m1/s1. The molecule has 3 heteroatoms. The lowest BCUT2D eigenvalue weighted by atomic mass is 10.1. The highest BCUT2D eigenvalue weighted by atomic mass is 16.3. The molecule has 0 aromatic carbocycles. The highest BCUT2D eigenvalue weighted by molar-refractivity contribution is 5.46. The van der Waals surface area contributed by atoms with Crippen LogP contribution in [0.5, 0.6) is 0 Å². The molecule has 3 heterocycles. The first kappa shape index (κ1) is 13.1. The molecule has 1 saturated heterocycles. The van der Waals surface area contributed by atoms with Crippen LogP contribution in [-0.4, -0.2) is 23.0 Å². The van der Waals surface area contributed by atoms with Gasteiger partial charge in [-0.05, 0) is 56.7 Å². The van der Waals surface area contributed by atoms with E-state index >= 15 is 0 Å². The Hall–Kier alpha value is -1.87. The molecule has 0 saturated carbocycles. The van der Waals surface area contributed by atoms with E-state index in [0.717, 1.165) is 18.8 Å². The summed E-state index contributed by atoms with van der Waals surface area (Å²) in [6.45, 7) is 4.28. The predicted octanol–water partition coefficient (Wildman–Crippen LogP) is 3.92. The fourth-order valence-corrected chi connectivity index (χ4v) is 2.91. The van der Waals surface area contributed by atoms with Crippen LogP contribution in [0.25, 0.3) is 6.08 Å². The van der Waals surface area contributed by atoms with Gasteiger partial charge in [0.25, 0.3) is 0 Å². The predicted molar refractivity (Wildman–Crippen MR) is 80.1 cm³/mol. The van der Waals surface area contributed by atoms with Gasteiger partial charge < -0.3 is 4.42 Å². The van der Waals surface area contributed by atoms with Crippen molar-refractivity contribution in [2.45, 2.75) is 25.8 Å². The Morgan fingerprint density at radius 2 is 2.35 bits per heavy atom. The molecule has 1 aliphatic rings. The molecule has 0 N–H and O–H groups in total. The van der Waals surface area contributed by atoms with Crippen LogP contribution in [-0.2, 0) is 0 Å².